The van der Waals surface area contributed by atoms with Crippen LogP contribution in [0.4, 0.5) is 5.69 Å². The number of aryl methyl sites for hydroxylation is 2. The molecule has 3 N–H and O–H groups in total. The molecule has 2 rings (SSSR count). The van der Waals surface area contributed by atoms with Crippen LogP contribution >= 0.6 is 28.1 Å². The largest absolute Gasteiger partial charge is 0.336 e. The Morgan fingerprint density at radius 2 is 2.05 bits per heavy atom. The number of carbonyl (C=O) groups is 1. The first kappa shape index (κ1) is 16.6. The summed E-state index contributed by atoms with van der Waals surface area (Å²) in [5.41, 5.74) is 2.79. The van der Waals surface area contributed by atoms with E-state index < -0.39 is 0 Å². The quantitative estimate of drug-likeness (QED) is 0.710. The molecule has 0 aliphatic rings. The van der Waals surface area contributed by atoms with Gasteiger partial charge in [0.1, 0.15) is 0 Å². The first-order chi connectivity index (χ1) is 10.4. The molecule has 0 fully saturated rings. The molecular weight excluding hydrogens is 366 g/mol. The zero-order valence-corrected chi connectivity index (χ0v) is 14.7. The first-order valence-corrected chi connectivity index (χ1v) is 7.95. The smallest absolute Gasteiger partial charge is 0.255 e. The number of amides is 1. The SMILES string of the molecule is Cc1cc(NC(=O)CCc2c(C)[nH]c(=S)[nH]c2=O)ccc1Br. The van der Waals surface area contributed by atoms with Gasteiger partial charge in [-0.25, -0.2) is 0 Å². The lowest BCUT2D eigenvalue weighted by molar-refractivity contribution is -0.116. The van der Waals surface area contributed by atoms with Crippen molar-refractivity contribution in [2.24, 2.45) is 0 Å². The van der Waals surface area contributed by atoms with Crippen LogP contribution in [0, 0.1) is 18.6 Å². The van der Waals surface area contributed by atoms with Crippen molar-refractivity contribution in [3.63, 3.8) is 0 Å². The summed E-state index contributed by atoms with van der Waals surface area (Å²) in [4.78, 5) is 29.3. The number of anilines is 1. The van der Waals surface area contributed by atoms with E-state index in [-0.39, 0.29) is 17.9 Å². The van der Waals surface area contributed by atoms with Gasteiger partial charge < -0.3 is 10.3 Å². The molecular formula is C15H16BrN3O2S. The van der Waals surface area contributed by atoms with Gasteiger partial charge in [-0.3, -0.25) is 14.6 Å². The van der Waals surface area contributed by atoms with Gasteiger partial charge in [-0.15, -0.1) is 0 Å². The predicted molar refractivity (Wildman–Crippen MR) is 92.8 cm³/mol. The number of benzene rings is 1. The molecule has 1 amide bonds. The van der Waals surface area contributed by atoms with Crippen LogP contribution in [0.25, 0.3) is 0 Å². The lowest BCUT2D eigenvalue weighted by atomic mass is 10.1. The molecule has 0 spiro atoms. The van der Waals surface area contributed by atoms with Crippen LogP contribution in [0.3, 0.4) is 0 Å². The zero-order chi connectivity index (χ0) is 16.3. The fraction of sp³-hybridized carbons (Fsp3) is 0.267. The van der Waals surface area contributed by atoms with Crippen LogP contribution in [-0.2, 0) is 11.2 Å². The minimum Gasteiger partial charge on any atom is -0.336 e. The third kappa shape index (κ3) is 4.14. The number of H-pyrrole nitrogens is 2. The van der Waals surface area contributed by atoms with Gasteiger partial charge in [0.05, 0.1) is 0 Å². The topological polar surface area (TPSA) is 77.8 Å². The Labute approximate surface area is 141 Å². The van der Waals surface area contributed by atoms with E-state index in [1.54, 1.807) is 6.92 Å². The van der Waals surface area contributed by atoms with Crippen molar-refractivity contribution >= 4 is 39.7 Å². The van der Waals surface area contributed by atoms with Crippen LogP contribution in [0.2, 0.25) is 0 Å². The van der Waals surface area contributed by atoms with E-state index in [0.29, 0.717) is 22.4 Å². The molecule has 0 bridgehead atoms. The summed E-state index contributed by atoms with van der Waals surface area (Å²) in [7, 11) is 0. The molecule has 0 radical (unpaired) electrons. The molecule has 116 valence electrons. The van der Waals surface area contributed by atoms with E-state index in [0.717, 1.165) is 15.7 Å². The van der Waals surface area contributed by atoms with E-state index in [1.807, 2.05) is 25.1 Å². The summed E-state index contributed by atoms with van der Waals surface area (Å²) >= 11 is 8.31. The number of hydrogen-bond acceptors (Lipinski definition) is 3. The molecule has 0 aliphatic heterocycles. The number of hydrogen-bond donors (Lipinski definition) is 3. The summed E-state index contributed by atoms with van der Waals surface area (Å²) in [6.07, 6.45) is 0.582. The summed E-state index contributed by atoms with van der Waals surface area (Å²) in [5.74, 6) is -0.136. The van der Waals surface area contributed by atoms with Gasteiger partial charge >= 0.3 is 0 Å². The van der Waals surface area contributed by atoms with Gasteiger partial charge in [-0.1, -0.05) is 15.9 Å². The highest BCUT2D eigenvalue weighted by atomic mass is 79.9. The van der Waals surface area contributed by atoms with E-state index in [2.05, 4.69) is 31.2 Å². The molecule has 0 saturated carbocycles. The molecule has 1 aromatic carbocycles. The van der Waals surface area contributed by atoms with Gasteiger partial charge in [0.25, 0.3) is 5.56 Å². The second-order valence-corrected chi connectivity index (χ2v) is 6.29. The van der Waals surface area contributed by atoms with Gasteiger partial charge in [-0.05, 0) is 56.2 Å². The zero-order valence-electron chi connectivity index (χ0n) is 12.2. The second-order valence-electron chi connectivity index (χ2n) is 5.02. The molecule has 1 heterocycles. The lowest BCUT2D eigenvalue weighted by Gasteiger charge is -2.08. The van der Waals surface area contributed by atoms with E-state index in [4.69, 9.17) is 12.2 Å². The standard InChI is InChI=1S/C15H16BrN3O2S/c1-8-7-10(3-5-12(8)16)18-13(20)6-4-11-9(2)17-15(22)19-14(11)21/h3,5,7H,4,6H2,1-2H3,(H,18,20)(H2,17,19,21,22). The Balaban J connectivity index is 2.03. The second kappa shape index (κ2) is 7.02. The van der Waals surface area contributed by atoms with Crippen LogP contribution < -0.4 is 10.9 Å². The number of aromatic amines is 2. The molecule has 5 nitrogen and oxygen atoms in total. The number of aromatic nitrogens is 2. The average molecular weight is 382 g/mol. The Morgan fingerprint density at radius 3 is 2.68 bits per heavy atom. The van der Waals surface area contributed by atoms with Gasteiger partial charge in [0.2, 0.25) is 5.91 Å². The normalized spacial score (nSPS) is 10.5. The Kier molecular flexibility index (Phi) is 5.31. The fourth-order valence-corrected chi connectivity index (χ4v) is 2.60. The summed E-state index contributed by atoms with van der Waals surface area (Å²) < 4.78 is 1.29. The van der Waals surface area contributed by atoms with Crippen molar-refractivity contribution in [3.8, 4) is 0 Å². The molecule has 22 heavy (non-hydrogen) atoms. The van der Waals surface area contributed by atoms with Crippen LogP contribution in [-0.4, -0.2) is 15.9 Å². The molecule has 0 aliphatic carbocycles. The Morgan fingerprint density at radius 1 is 1.32 bits per heavy atom. The van der Waals surface area contributed by atoms with Crippen LogP contribution in [0.15, 0.2) is 27.5 Å². The monoisotopic (exact) mass is 381 g/mol. The molecule has 0 saturated heterocycles. The van der Waals surface area contributed by atoms with Gasteiger partial charge in [-0.2, -0.15) is 0 Å². The fourth-order valence-electron chi connectivity index (χ4n) is 2.11. The molecule has 2 aromatic rings. The van der Waals surface area contributed by atoms with Crippen LogP contribution in [0.1, 0.15) is 23.2 Å². The van der Waals surface area contributed by atoms with E-state index in [1.165, 1.54) is 0 Å². The maximum Gasteiger partial charge on any atom is 0.255 e. The molecule has 1 aromatic heterocycles. The first-order valence-electron chi connectivity index (χ1n) is 6.75. The predicted octanol–water partition coefficient (Wildman–Crippen LogP) is 3.38. The highest BCUT2D eigenvalue weighted by Gasteiger charge is 2.09. The maximum absolute atomic E-state index is 12.0. The molecule has 7 heteroatoms. The van der Waals surface area contributed by atoms with Crippen LogP contribution in [0.5, 0.6) is 0 Å². The van der Waals surface area contributed by atoms with E-state index in [9.17, 15) is 9.59 Å². The summed E-state index contributed by atoms with van der Waals surface area (Å²) in [5, 5.41) is 2.83. The number of rotatable bonds is 4. The summed E-state index contributed by atoms with van der Waals surface area (Å²) in [6.45, 7) is 3.73. The minimum absolute atomic E-state index is 0.136. The number of nitrogens with one attached hydrogen (secondary N) is 3. The van der Waals surface area contributed by atoms with Crippen molar-refractivity contribution in [2.75, 3.05) is 5.32 Å². The summed E-state index contributed by atoms with van der Waals surface area (Å²) in [6, 6.07) is 5.60. The lowest BCUT2D eigenvalue weighted by Crippen LogP contribution is -2.19. The van der Waals surface area contributed by atoms with Crippen molar-refractivity contribution in [2.45, 2.75) is 26.7 Å². The van der Waals surface area contributed by atoms with Crippen molar-refractivity contribution in [1.29, 1.82) is 0 Å². The maximum atomic E-state index is 12.0. The molecule has 0 unspecified atom stereocenters. The highest BCUT2D eigenvalue weighted by molar-refractivity contribution is 9.10. The third-order valence-corrected chi connectivity index (χ3v) is 4.39. The van der Waals surface area contributed by atoms with Gasteiger partial charge in [0, 0.05) is 27.8 Å². The Hall–Kier alpha value is -1.73. The Bertz CT molecular complexity index is 826. The van der Waals surface area contributed by atoms with E-state index >= 15 is 0 Å². The van der Waals surface area contributed by atoms with Crippen molar-refractivity contribution in [1.82, 2.24) is 9.97 Å². The van der Waals surface area contributed by atoms with Gasteiger partial charge in [0.15, 0.2) is 4.77 Å². The minimum atomic E-state index is -0.242. The number of carbonyl (C=O) groups excluding carboxylic acids is 1. The van der Waals surface area contributed by atoms with Crippen molar-refractivity contribution in [3.05, 3.63) is 54.6 Å². The van der Waals surface area contributed by atoms with Crippen molar-refractivity contribution < 1.29 is 4.79 Å². The molecule has 0 atom stereocenters. The number of halogens is 1. The third-order valence-electron chi connectivity index (χ3n) is 3.30. The highest BCUT2D eigenvalue weighted by Crippen LogP contribution is 2.20. The average Bonchev–Trinajstić information content (AvgIpc) is 2.41.